The molecule has 0 fully saturated rings. The second-order valence-corrected chi connectivity index (χ2v) is 3.32. The van der Waals surface area contributed by atoms with Crippen molar-refractivity contribution < 1.29 is 0 Å². The SMILES string of the molecule is C1=CC2=Nc3ccccc3[C@H]2C=C1. The van der Waals surface area contributed by atoms with Gasteiger partial charge in [-0.2, -0.15) is 0 Å². The predicted octanol–water partition coefficient (Wildman–Crippen LogP) is 2.98. The van der Waals surface area contributed by atoms with Crippen molar-refractivity contribution in [3.8, 4) is 0 Å². The smallest absolute Gasteiger partial charge is 0.0675 e. The molecule has 62 valence electrons. The van der Waals surface area contributed by atoms with Gasteiger partial charge in [-0.05, 0) is 17.7 Å². The van der Waals surface area contributed by atoms with E-state index in [1.807, 2.05) is 12.1 Å². The average Bonchev–Trinajstić information content (AvgIpc) is 2.56. The van der Waals surface area contributed by atoms with Gasteiger partial charge in [0.15, 0.2) is 0 Å². The Balaban J connectivity index is 2.22. The summed E-state index contributed by atoms with van der Waals surface area (Å²) >= 11 is 0. The molecular weight excluding hydrogens is 158 g/mol. The van der Waals surface area contributed by atoms with Crippen molar-refractivity contribution in [2.24, 2.45) is 4.99 Å². The van der Waals surface area contributed by atoms with Gasteiger partial charge in [0.2, 0.25) is 0 Å². The van der Waals surface area contributed by atoms with Crippen molar-refractivity contribution in [2.75, 3.05) is 0 Å². The second-order valence-electron chi connectivity index (χ2n) is 3.32. The van der Waals surface area contributed by atoms with E-state index in [9.17, 15) is 0 Å². The van der Waals surface area contributed by atoms with Crippen LogP contribution in [0.2, 0.25) is 0 Å². The van der Waals surface area contributed by atoms with Crippen LogP contribution in [0.25, 0.3) is 0 Å². The topological polar surface area (TPSA) is 12.4 Å². The molecule has 3 rings (SSSR count). The molecule has 1 heteroatoms. The van der Waals surface area contributed by atoms with Crippen LogP contribution in [0.15, 0.2) is 53.6 Å². The van der Waals surface area contributed by atoms with Crippen LogP contribution in [-0.2, 0) is 0 Å². The Hall–Kier alpha value is -1.63. The molecule has 0 bridgehead atoms. The van der Waals surface area contributed by atoms with Gasteiger partial charge in [-0.25, -0.2) is 0 Å². The summed E-state index contributed by atoms with van der Waals surface area (Å²) in [5.74, 6) is 0.404. The zero-order chi connectivity index (χ0) is 8.67. The zero-order valence-corrected chi connectivity index (χ0v) is 7.14. The highest BCUT2D eigenvalue weighted by Gasteiger charge is 2.23. The Labute approximate surface area is 77.1 Å². The molecule has 0 radical (unpaired) electrons. The van der Waals surface area contributed by atoms with Gasteiger partial charge in [-0.1, -0.05) is 36.4 Å². The number of aliphatic imine (C=N–C) groups is 1. The van der Waals surface area contributed by atoms with Gasteiger partial charge in [-0.15, -0.1) is 0 Å². The maximum absolute atomic E-state index is 4.55. The number of hydrogen-bond acceptors (Lipinski definition) is 1. The van der Waals surface area contributed by atoms with Gasteiger partial charge in [0.1, 0.15) is 0 Å². The molecule has 1 aromatic rings. The quantitative estimate of drug-likeness (QED) is 0.563. The number of nitrogens with zero attached hydrogens (tertiary/aromatic N) is 1. The van der Waals surface area contributed by atoms with E-state index in [0.29, 0.717) is 5.92 Å². The molecule has 0 unspecified atom stereocenters. The number of benzene rings is 1. The van der Waals surface area contributed by atoms with Crippen molar-refractivity contribution in [1.82, 2.24) is 0 Å². The van der Waals surface area contributed by atoms with E-state index >= 15 is 0 Å². The Morgan fingerprint density at radius 1 is 1.08 bits per heavy atom. The lowest BCUT2D eigenvalue weighted by atomic mass is 9.93. The van der Waals surface area contributed by atoms with Crippen LogP contribution in [0.4, 0.5) is 5.69 Å². The Morgan fingerprint density at radius 3 is 3.00 bits per heavy atom. The Bertz CT molecular complexity index is 438. The maximum Gasteiger partial charge on any atom is 0.0675 e. The summed E-state index contributed by atoms with van der Waals surface area (Å²) in [6, 6.07) is 8.33. The van der Waals surface area contributed by atoms with Crippen LogP contribution >= 0.6 is 0 Å². The highest BCUT2D eigenvalue weighted by atomic mass is 14.8. The fraction of sp³-hybridized carbons (Fsp3) is 0.0833. The molecule has 1 nitrogen and oxygen atoms in total. The monoisotopic (exact) mass is 167 g/mol. The molecule has 0 N–H and O–H groups in total. The van der Waals surface area contributed by atoms with Crippen LogP contribution in [0.3, 0.4) is 0 Å². The van der Waals surface area contributed by atoms with E-state index in [0.717, 1.165) is 5.69 Å². The largest absolute Gasteiger partial charge is 0.252 e. The van der Waals surface area contributed by atoms with E-state index < -0.39 is 0 Å². The summed E-state index contributed by atoms with van der Waals surface area (Å²) in [4.78, 5) is 4.55. The molecule has 2 aliphatic rings. The minimum Gasteiger partial charge on any atom is -0.252 e. The lowest BCUT2D eigenvalue weighted by Crippen LogP contribution is -2.04. The van der Waals surface area contributed by atoms with Crippen LogP contribution in [0.1, 0.15) is 11.5 Å². The summed E-state index contributed by atoms with van der Waals surface area (Å²) in [5, 5.41) is 0. The Morgan fingerprint density at radius 2 is 2.00 bits per heavy atom. The van der Waals surface area contributed by atoms with E-state index in [4.69, 9.17) is 0 Å². The molecule has 0 saturated heterocycles. The molecular formula is C12H9N. The molecule has 0 spiro atoms. The van der Waals surface area contributed by atoms with Gasteiger partial charge in [0.25, 0.3) is 0 Å². The minimum absolute atomic E-state index is 0.404. The highest BCUT2D eigenvalue weighted by molar-refractivity contribution is 6.07. The van der Waals surface area contributed by atoms with Crippen LogP contribution in [0, 0.1) is 0 Å². The summed E-state index contributed by atoms with van der Waals surface area (Å²) in [5.41, 5.74) is 3.63. The predicted molar refractivity (Wildman–Crippen MR) is 54.6 cm³/mol. The third-order valence-corrected chi connectivity index (χ3v) is 2.52. The van der Waals surface area contributed by atoms with Gasteiger partial charge in [0.05, 0.1) is 11.4 Å². The first-order valence-electron chi connectivity index (χ1n) is 4.47. The third-order valence-electron chi connectivity index (χ3n) is 2.52. The van der Waals surface area contributed by atoms with Gasteiger partial charge in [0, 0.05) is 5.92 Å². The van der Waals surface area contributed by atoms with E-state index in [2.05, 4.69) is 41.4 Å². The number of fused-ring (bicyclic) bond motifs is 3. The summed E-state index contributed by atoms with van der Waals surface area (Å²) < 4.78 is 0. The average molecular weight is 167 g/mol. The van der Waals surface area contributed by atoms with E-state index in [-0.39, 0.29) is 0 Å². The lowest BCUT2D eigenvalue weighted by molar-refractivity contribution is 1.18. The fourth-order valence-corrected chi connectivity index (χ4v) is 1.89. The number of para-hydroxylation sites is 1. The molecule has 0 saturated carbocycles. The van der Waals surface area contributed by atoms with Crippen molar-refractivity contribution >= 4 is 11.4 Å². The van der Waals surface area contributed by atoms with Crippen molar-refractivity contribution in [2.45, 2.75) is 5.92 Å². The van der Waals surface area contributed by atoms with E-state index in [1.54, 1.807) is 0 Å². The van der Waals surface area contributed by atoms with Crippen molar-refractivity contribution in [3.63, 3.8) is 0 Å². The van der Waals surface area contributed by atoms with Gasteiger partial charge < -0.3 is 0 Å². The summed E-state index contributed by atoms with van der Waals surface area (Å²) in [7, 11) is 0. The molecule has 1 aliphatic heterocycles. The molecule has 1 heterocycles. The Kier molecular flexibility index (Phi) is 1.28. The molecule has 0 amide bonds. The fourth-order valence-electron chi connectivity index (χ4n) is 1.89. The zero-order valence-electron chi connectivity index (χ0n) is 7.14. The normalized spacial score (nSPS) is 22.5. The third kappa shape index (κ3) is 0.903. The second kappa shape index (κ2) is 2.43. The van der Waals surface area contributed by atoms with Crippen LogP contribution in [-0.4, -0.2) is 5.71 Å². The van der Waals surface area contributed by atoms with Gasteiger partial charge in [-0.3, -0.25) is 4.99 Å². The first-order chi connectivity index (χ1) is 6.45. The number of hydrogen-bond donors (Lipinski definition) is 0. The van der Waals surface area contributed by atoms with Crippen molar-refractivity contribution in [1.29, 1.82) is 0 Å². The molecule has 1 aliphatic carbocycles. The number of allylic oxidation sites excluding steroid dienone is 4. The van der Waals surface area contributed by atoms with Crippen LogP contribution in [0.5, 0.6) is 0 Å². The van der Waals surface area contributed by atoms with Gasteiger partial charge >= 0.3 is 0 Å². The molecule has 0 aromatic heterocycles. The standard InChI is InChI=1S/C12H9N/c1-3-7-11-9(5-1)10-6-2-4-8-12(10)13-11/h1-9H/t9-/m1/s1. The molecule has 1 aromatic carbocycles. The summed E-state index contributed by atoms with van der Waals surface area (Å²) in [6.07, 6.45) is 8.42. The summed E-state index contributed by atoms with van der Waals surface area (Å²) in [6.45, 7) is 0. The van der Waals surface area contributed by atoms with Crippen LogP contribution < -0.4 is 0 Å². The minimum atomic E-state index is 0.404. The molecule has 13 heavy (non-hydrogen) atoms. The maximum atomic E-state index is 4.55. The first kappa shape index (κ1) is 6.84. The van der Waals surface area contributed by atoms with Crippen molar-refractivity contribution in [3.05, 3.63) is 54.1 Å². The molecule has 1 atom stereocenters. The first-order valence-corrected chi connectivity index (χ1v) is 4.47. The lowest BCUT2D eigenvalue weighted by Gasteiger charge is -2.08. The van der Waals surface area contributed by atoms with E-state index in [1.165, 1.54) is 11.3 Å². The highest BCUT2D eigenvalue weighted by Crippen LogP contribution is 2.37. The number of rotatable bonds is 0.